The molecule has 3 nitrogen and oxygen atoms in total. The van der Waals surface area contributed by atoms with E-state index in [4.69, 9.17) is 0 Å². The number of rotatable bonds is 6. The topological polar surface area (TPSA) is 57.5 Å². The molecule has 0 aromatic carbocycles. The minimum Gasteiger partial charge on any atom is -0.481 e. The van der Waals surface area contributed by atoms with Crippen molar-refractivity contribution in [2.45, 2.75) is 106 Å². The van der Waals surface area contributed by atoms with Gasteiger partial charge in [0.05, 0.1) is 12.0 Å². The van der Waals surface area contributed by atoms with Crippen LogP contribution in [0.3, 0.4) is 0 Å². The van der Waals surface area contributed by atoms with E-state index in [0.29, 0.717) is 18.3 Å². The van der Waals surface area contributed by atoms with E-state index in [1.807, 2.05) is 0 Å². The molecule has 2 saturated carbocycles. The fourth-order valence-electron chi connectivity index (χ4n) is 8.80. The highest BCUT2D eigenvalue weighted by atomic mass is 16.4. The van der Waals surface area contributed by atoms with Crippen molar-refractivity contribution in [2.24, 2.45) is 45.3 Å². The second-order valence-electron chi connectivity index (χ2n) is 13.7. The molecule has 2 fully saturated rings. The molecule has 190 valence electrons. The highest BCUT2D eigenvalue weighted by Gasteiger charge is 2.63. The number of carboxylic acid groups (broad SMARTS) is 1. The predicted octanol–water partition coefficient (Wildman–Crippen LogP) is 7.57. The van der Waals surface area contributed by atoms with Crippen LogP contribution in [0.1, 0.15) is 99.8 Å². The quantitative estimate of drug-likeness (QED) is 0.395. The number of allylic oxidation sites excluding steroid dienone is 5. The molecular weight excluding hydrogens is 420 g/mol. The summed E-state index contributed by atoms with van der Waals surface area (Å²) in [5.74, 6) is 0.0861. The molecule has 0 aromatic heterocycles. The molecule has 3 heteroatoms. The molecule has 4 unspecified atom stereocenters. The molecule has 4 aliphatic rings. The molecule has 0 aliphatic heterocycles. The summed E-state index contributed by atoms with van der Waals surface area (Å²) in [4.78, 5) is 12.5. The van der Waals surface area contributed by atoms with Crippen molar-refractivity contribution in [1.29, 1.82) is 0 Å². The normalized spacial score (nSPS) is 41.6. The van der Waals surface area contributed by atoms with Gasteiger partial charge in [-0.2, -0.15) is 0 Å². The van der Waals surface area contributed by atoms with E-state index in [9.17, 15) is 15.0 Å². The number of aliphatic hydroxyl groups excluding tert-OH is 1. The van der Waals surface area contributed by atoms with Gasteiger partial charge in [0.15, 0.2) is 0 Å². The number of aliphatic hydroxyl groups is 1. The van der Waals surface area contributed by atoms with Gasteiger partial charge in [0.2, 0.25) is 0 Å². The lowest BCUT2D eigenvalue weighted by Crippen LogP contribution is -2.54. The van der Waals surface area contributed by atoms with Gasteiger partial charge in [-0.3, -0.25) is 4.79 Å². The second-order valence-corrected chi connectivity index (χ2v) is 13.7. The third-order valence-electron chi connectivity index (χ3n) is 11.7. The van der Waals surface area contributed by atoms with Crippen LogP contribution in [-0.4, -0.2) is 22.3 Å². The number of aliphatic carboxylic acids is 1. The third-order valence-corrected chi connectivity index (χ3v) is 11.7. The van der Waals surface area contributed by atoms with E-state index < -0.39 is 5.97 Å². The van der Waals surface area contributed by atoms with Crippen LogP contribution in [0.4, 0.5) is 0 Å². The zero-order valence-electron chi connectivity index (χ0n) is 22.7. The fourth-order valence-corrected chi connectivity index (χ4v) is 8.80. The summed E-state index contributed by atoms with van der Waals surface area (Å²) < 4.78 is 0. The van der Waals surface area contributed by atoms with E-state index >= 15 is 0 Å². The van der Waals surface area contributed by atoms with Gasteiger partial charge in [0, 0.05) is 0 Å². The lowest BCUT2D eigenvalue weighted by atomic mass is 9.44. The molecule has 4 aliphatic carbocycles. The third kappa shape index (κ3) is 3.51. The van der Waals surface area contributed by atoms with E-state index in [2.05, 4.69) is 67.2 Å². The molecule has 4 rings (SSSR count). The van der Waals surface area contributed by atoms with Gasteiger partial charge in [-0.15, -0.1) is 0 Å². The lowest BCUT2D eigenvalue weighted by Gasteiger charge is -2.61. The summed E-state index contributed by atoms with van der Waals surface area (Å²) in [7, 11) is 0. The number of carbonyl (C=O) groups is 1. The van der Waals surface area contributed by atoms with Gasteiger partial charge in [-0.05, 0) is 102 Å². The Labute approximate surface area is 207 Å². The molecule has 2 N–H and O–H groups in total. The first-order valence-electron chi connectivity index (χ1n) is 13.7. The van der Waals surface area contributed by atoms with Crippen molar-refractivity contribution < 1.29 is 15.0 Å². The molecule has 0 radical (unpaired) electrons. The molecule has 0 saturated heterocycles. The Kier molecular flexibility index (Phi) is 6.32. The Morgan fingerprint density at radius 2 is 1.76 bits per heavy atom. The van der Waals surface area contributed by atoms with Crippen molar-refractivity contribution in [3.63, 3.8) is 0 Å². The first-order valence-corrected chi connectivity index (χ1v) is 13.7. The van der Waals surface area contributed by atoms with Gasteiger partial charge in [-0.25, -0.2) is 0 Å². The first-order chi connectivity index (χ1) is 15.7. The molecule has 0 aromatic rings. The highest BCUT2D eigenvalue weighted by molar-refractivity contribution is 5.71. The largest absolute Gasteiger partial charge is 0.481 e. The van der Waals surface area contributed by atoms with Gasteiger partial charge in [0.25, 0.3) is 0 Å². The Morgan fingerprint density at radius 3 is 2.38 bits per heavy atom. The van der Waals surface area contributed by atoms with Crippen molar-refractivity contribution >= 4 is 5.97 Å². The molecule has 34 heavy (non-hydrogen) atoms. The van der Waals surface area contributed by atoms with Crippen molar-refractivity contribution in [2.75, 3.05) is 0 Å². The average molecular weight is 469 g/mol. The number of hydrogen-bond donors (Lipinski definition) is 2. The van der Waals surface area contributed by atoms with Crippen LogP contribution in [0.25, 0.3) is 0 Å². The summed E-state index contributed by atoms with van der Waals surface area (Å²) >= 11 is 0. The summed E-state index contributed by atoms with van der Waals surface area (Å²) in [5.41, 5.74) is 4.16. The minimum absolute atomic E-state index is 0.0126. The SMILES string of the molecule is C=C(CC[C@@H](C(=O)O)C1CC[C@@]2(C)C3=CC[C@@H]4C(C)(CCC(O)C4(C)C)C3=CCC12C)C(C)C. The number of carboxylic acids is 1. The van der Waals surface area contributed by atoms with E-state index in [-0.39, 0.29) is 39.6 Å². The molecule has 0 heterocycles. The Morgan fingerprint density at radius 1 is 1.09 bits per heavy atom. The van der Waals surface area contributed by atoms with Crippen LogP contribution in [0.5, 0.6) is 0 Å². The molecule has 7 atom stereocenters. The van der Waals surface area contributed by atoms with Crippen LogP contribution in [0.2, 0.25) is 0 Å². The summed E-state index contributed by atoms with van der Waals surface area (Å²) in [5, 5.41) is 21.1. The van der Waals surface area contributed by atoms with Crippen LogP contribution >= 0.6 is 0 Å². The van der Waals surface area contributed by atoms with Gasteiger partial charge in [0.1, 0.15) is 0 Å². The van der Waals surface area contributed by atoms with Crippen LogP contribution in [0, 0.1) is 45.3 Å². The number of fused-ring (bicyclic) bond motifs is 5. The van der Waals surface area contributed by atoms with Gasteiger partial charge >= 0.3 is 5.97 Å². The van der Waals surface area contributed by atoms with Crippen LogP contribution in [-0.2, 0) is 4.79 Å². The Bertz CT molecular complexity index is 923. The Hall–Kier alpha value is -1.35. The second kappa shape index (κ2) is 8.36. The minimum atomic E-state index is -0.630. The Balaban J connectivity index is 1.68. The molecular formula is C31H48O3. The standard InChI is InChI=1S/C31H48O3/c1-19(2)20(3)9-10-21(27(33)34)22-13-17-31(8)24-11-12-25-28(4,5)26(32)15-16-29(25,6)23(24)14-18-30(22,31)7/h11,14,19,21-22,25-26,32H,3,9-10,12-13,15-18H2,1-2,4-8H3,(H,33,34)/t21-,22?,25+,26?,29?,30?,31+/m1/s1. The van der Waals surface area contributed by atoms with Crippen molar-refractivity contribution in [3.8, 4) is 0 Å². The van der Waals surface area contributed by atoms with E-state index in [1.54, 1.807) is 0 Å². The van der Waals surface area contributed by atoms with Crippen molar-refractivity contribution in [3.05, 3.63) is 35.5 Å². The van der Waals surface area contributed by atoms with Gasteiger partial charge in [-0.1, -0.05) is 72.8 Å². The maximum absolute atomic E-state index is 12.5. The zero-order valence-corrected chi connectivity index (χ0v) is 22.7. The van der Waals surface area contributed by atoms with Gasteiger partial charge < -0.3 is 10.2 Å². The lowest BCUT2D eigenvalue weighted by molar-refractivity contribution is -0.146. The fraction of sp³-hybridized carbons (Fsp3) is 0.774. The molecule has 0 amide bonds. The highest BCUT2D eigenvalue weighted by Crippen LogP contribution is 2.71. The first kappa shape index (κ1) is 25.7. The van der Waals surface area contributed by atoms with Crippen molar-refractivity contribution in [1.82, 2.24) is 0 Å². The predicted molar refractivity (Wildman–Crippen MR) is 139 cm³/mol. The monoisotopic (exact) mass is 468 g/mol. The summed E-state index contributed by atoms with van der Waals surface area (Å²) in [6.07, 6.45) is 12.2. The molecule has 0 bridgehead atoms. The smallest absolute Gasteiger partial charge is 0.306 e. The summed E-state index contributed by atoms with van der Waals surface area (Å²) in [6, 6.07) is 0. The molecule has 0 spiro atoms. The maximum atomic E-state index is 12.5. The van der Waals surface area contributed by atoms with E-state index in [1.165, 1.54) is 16.7 Å². The van der Waals surface area contributed by atoms with E-state index in [0.717, 1.165) is 44.9 Å². The van der Waals surface area contributed by atoms with Crippen LogP contribution in [0.15, 0.2) is 35.5 Å². The maximum Gasteiger partial charge on any atom is 0.306 e. The van der Waals surface area contributed by atoms with Crippen LogP contribution < -0.4 is 0 Å². The summed E-state index contributed by atoms with van der Waals surface area (Å²) in [6.45, 7) is 20.3. The number of hydrogen-bond acceptors (Lipinski definition) is 2. The average Bonchev–Trinajstić information content (AvgIpc) is 3.02. The zero-order chi connectivity index (χ0) is 25.3.